The Labute approximate surface area is 113 Å². The van der Waals surface area contributed by atoms with Gasteiger partial charge in [-0.3, -0.25) is 0 Å². The van der Waals surface area contributed by atoms with Crippen molar-refractivity contribution in [1.29, 1.82) is 0 Å². The SMILES string of the molecule is CCNc1cc(N(C)Cc2cccc(F)c2)ccn1. The van der Waals surface area contributed by atoms with Crippen LogP contribution in [0.25, 0.3) is 0 Å². The number of aromatic nitrogens is 1. The summed E-state index contributed by atoms with van der Waals surface area (Å²) in [6, 6.07) is 10.6. The molecule has 0 bridgehead atoms. The highest BCUT2D eigenvalue weighted by molar-refractivity contribution is 5.53. The predicted molar refractivity (Wildman–Crippen MR) is 76.9 cm³/mol. The average Bonchev–Trinajstić information content (AvgIpc) is 2.39. The molecule has 19 heavy (non-hydrogen) atoms. The van der Waals surface area contributed by atoms with Gasteiger partial charge in [0.05, 0.1) is 0 Å². The molecule has 0 aliphatic rings. The van der Waals surface area contributed by atoms with Crippen LogP contribution in [-0.2, 0) is 6.54 Å². The van der Waals surface area contributed by atoms with Gasteiger partial charge in [0.1, 0.15) is 11.6 Å². The summed E-state index contributed by atoms with van der Waals surface area (Å²) in [6.07, 6.45) is 1.77. The first-order chi connectivity index (χ1) is 9.19. The van der Waals surface area contributed by atoms with Crippen molar-refractivity contribution in [3.05, 3.63) is 54.0 Å². The van der Waals surface area contributed by atoms with E-state index < -0.39 is 0 Å². The summed E-state index contributed by atoms with van der Waals surface area (Å²) in [4.78, 5) is 6.30. The number of nitrogens with one attached hydrogen (secondary N) is 1. The number of halogens is 1. The van der Waals surface area contributed by atoms with Crippen LogP contribution in [0.4, 0.5) is 15.9 Å². The minimum atomic E-state index is -0.200. The Kier molecular flexibility index (Phi) is 4.34. The summed E-state index contributed by atoms with van der Waals surface area (Å²) >= 11 is 0. The van der Waals surface area contributed by atoms with Gasteiger partial charge >= 0.3 is 0 Å². The van der Waals surface area contributed by atoms with Crippen LogP contribution in [-0.4, -0.2) is 18.6 Å². The smallest absolute Gasteiger partial charge is 0.127 e. The molecule has 0 radical (unpaired) electrons. The maximum absolute atomic E-state index is 13.1. The summed E-state index contributed by atoms with van der Waals surface area (Å²) in [5.74, 6) is 0.653. The molecule has 0 unspecified atom stereocenters. The summed E-state index contributed by atoms with van der Waals surface area (Å²) < 4.78 is 13.1. The summed E-state index contributed by atoms with van der Waals surface area (Å²) in [7, 11) is 1.98. The van der Waals surface area contributed by atoms with E-state index >= 15 is 0 Å². The van der Waals surface area contributed by atoms with E-state index in [9.17, 15) is 4.39 Å². The number of anilines is 2. The first-order valence-corrected chi connectivity index (χ1v) is 6.34. The van der Waals surface area contributed by atoms with Crippen molar-refractivity contribution in [2.75, 3.05) is 23.8 Å². The lowest BCUT2D eigenvalue weighted by Crippen LogP contribution is -2.16. The minimum absolute atomic E-state index is 0.200. The van der Waals surface area contributed by atoms with Gasteiger partial charge < -0.3 is 10.2 Å². The third-order valence-corrected chi connectivity index (χ3v) is 2.85. The van der Waals surface area contributed by atoms with Gasteiger partial charge in [-0.15, -0.1) is 0 Å². The first-order valence-electron chi connectivity index (χ1n) is 6.34. The molecule has 1 heterocycles. The lowest BCUT2D eigenvalue weighted by atomic mass is 10.2. The molecule has 0 saturated heterocycles. The monoisotopic (exact) mass is 259 g/mol. The largest absolute Gasteiger partial charge is 0.370 e. The Bertz CT molecular complexity index is 542. The maximum atomic E-state index is 13.1. The van der Waals surface area contributed by atoms with Gasteiger partial charge in [-0.2, -0.15) is 0 Å². The van der Waals surface area contributed by atoms with Crippen molar-refractivity contribution in [2.24, 2.45) is 0 Å². The first kappa shape index (κ1) is 13.3. The zero-order valence-electron chi connectivity index (χ0n) is 11.2. The second-order valence-corrected chi connectivity index (χ2v) is 4.42. The molecule has 1 N–H and O–H groups in total. The second kappa shape index (κ2) is 6.18. The van der Waals surface area contributed by atoms with Gasteiger partial charge in [0.2, 0.25) is 0 Å². The van der Waals surface area contributed by atoms with Gasteiger partial charge in [0, 0.05) is 38.1 Å². The van der Waals surface area contributed by atoms with E-state index in [-0.39, 0.29) is 5.82 Å². The van der Waals surface area contributed by atoms with Gasteiger partial charge in [0.15, 0.2) is 0 Å². The van der Waals surface area contributed by atoms with E-state index in [1.807, 2.05) is 32.2 Å². The predicted octanol–water partition coefficient (Wildman–Crippen LogP) is 3.29. The van der Waals surface area contributed by atoms with Gasteiger partial charge in [0.25, 0.3) is 0 Å². The number of rotatable bonds is 5. The normalized spacial score (nSPS) is 10.3. The lowest BCUT2D eigenvalue weighted by Gasteiger charge is -2.20. The summed E-state index contributed by atoms with van der Waals surface area (Å²) in [6.45, 7) is 3.53. The fourth-order valence-electron chi connectivity index (χ4n) is 1.94. The van der Waals surface area contributed by atoms with Crippen LogP contribution in [0.2, 0.25) is 0 Å². The van der Waals surface area contributed by atoms with Crippen molar-refractivity contribution in [1.82, 2.24) is 4.98 Å². The zero-order valence-corrected chi connectivity index (χ0v) is 11.2. The maximum Gasteiger partial charge on any atom is 0.127 e. The lowest BCUT2D eigenvalue weighted by molar-refractivity contribution is 0.625. The molecule has 0 fully saturated rings. The van der Waals surface area contributed by atoms with E-state index in [0.717, 1.165) is 23.6 Å². The second-order valence-electron chi connectivity index (χ2n) is 4.42. The van der Waals surface area contributed by atoms with E-state index in [1.165, 1.54) is 6.07 Å². The summed E-state index contributed by atoms with van der Waals surface area (Å²) in [5, 5.41) is 3.18. The topological polar surface area (TPSA) is 28.2 Å². The van der Waals surface area contributed by atoms with Crippen LogP contribution in [0.5, 0.6) is 0 Å². The Morgan fingerprint density at radius 1 is 1.26 bits per heavy atom. The van der Waals surface area contributed by atoms with Crippen LogP contribution in [0.3, 0.4) is 0 Å². The average molecular weight is 259 g/mol. The van der Waals surface area contributed by atoms with Crippen molar-refractivity contribution in [3.63, 3.8) is 0 Å². The molecule has 100 valence electrons. The number of hydrogen-bond acceptors (Lipinski definition) is 3. The van der Waals surface area contributed by atoms with Crippen molar-refractivity contribution in [3.8, 4) is 0 Å². The number of nitrogens with zero attached hydrogens (tertiary/aromatic N) is 2. The molecule has 1 aromatic heterocycles. The van der Waals surface area contributed by atoms with Crippen LogP contribution >= 0.6 is 0 Å². The zero-order chi connectivity index (χ0) is 13.7. The summed E-state index contributed by atoms with van der Waals surface area (Å²) in [5.41, 5.74) is 2.00. The van der Waals surface area contributed by atoms with Crippen LogP contribution < -0.4 is 10.2 Å². The molecule has 0 aliphatic heterocycles. The van der Waals surface area contributed by atoms with Crippen molar-refractivity contribution >= 4 is 11.5 Å². The van der Waals surface area contributed by atoms with Gasteiger partial charge in [-0.25, -0.2) is 9.37 Å². The molecule has 0 atom stereocenters. The minimum Gasteiger partial charge on any atom is -0.370 e. The van der Waals surface area contributed by atoms with Gasteiger partial charge in [-0.05, 0) is 30.7 Å². The van der Waals surface area contributed by atoms with E-state index in [1.54, 1.807) is 18.3 Å². The van der Waals surface area contributed by atoms with Crippen LogP contribution in [0.15, 0.2) is 42.6 Å². The van der Waals surface area contributed by atoms with Gasteiger partial charge in [-0.1, -0.05) is 12.1 Å². The highest BCUT2D eigenvalue weighted by Crippen LogP contribution is 2.18. The molecule has 4 heteroatoms. The third-order valence-electron chi connectivity index (χ3n) is 2.85. The fraction of sp³-hybridized carbons (Fsp3) is 0.267. The van der Waals surface area contributed by atoms with E-state index in [4.69, 9.17) is 0 Å². The Morgan fingerprint density at radius 2 is 2.11 bits per heavy atom. The molecule has 3 nitrogen and oxygen atoms in total. The standard InChI is InChI=1S/C15H18FN3/c1-3-17-15-10-14(7-8-18-15)19(2)11-12-5-4-6-13(16)9-12/h4-10H,3,11H2,1-2H3,(H,17,18). The number of hydrogen-bond donors (Lipinski definition) is 1. The quantitative estimate of drug-likeness (QED) is 0.893. The van der Waals surface area contributed by atoms with Crippen molar-refractivity contribution in [2.45, 2.75) is 13.5 Å². The molecule has 1 aromatic carbocycles. The third kappa shape index (κ3) is 3.68. The number of pyridine rings is 1. The van der Waals surface area contributed by atoms with Crippen LogP contribution in [0, 0.1) is 5.82 Å². The Morgan fingerprint density at radius 3 is 2.84 bits per heavy atom. The fourth-order valence-corrected chi connectivity index (χ4v) is 1.94. The molecular weight excluding hydrogens is 241 g/mol. The molecule has 0 spiro atoms. The van der Waals surface area contributed by atoms with E-state index in [2.05, 4.69) is 15.2 Å². The highest BCUT2D eigenvalue weighted by Gasteiger charge is 2.04. The number of benzene rings is 1. The molecule has 2 rings (SSSR count). The Hall–Kier alpha value is -2.10. The molecule has 0 aliphatic carbocycles. The highest BCUT2D eigenvalue weighted by atomic mass is 19.1. The molecular formula is C15H18FN3. The van der Waals surface area contributed by atoms with Crippen LogP contribution in [0.1, 0.15) is 12.5 Å². The molecule has 2 aromatic rings. The van der Waals surface area contributed by atoms with E-state index in [0.29, 0.717) is 6.54 Å². The molecule has 0 saturated carbocycles. The van der Waals surface area contributed by atoms with Crippen molar-refractivity contribution < 1.29 is 4.39 Å². The molecule has 0 amide bonds. The Balaban J connectivity index is 2.11.